The summed E-state index contributed by atoms with van der Waals surface area (Å²) in [6.45, 7) is 2.37. The molecular weight excluding hydrogens is 420 g/mol. The third-order valence-corrected chi connectivity index (χ3v) is 6.51. The average molecular weight is 447 g/mol. The predicted octanol–water partition coefficient (Wildman–Crippen LogP) is 2.43. The Kier molecular flexibility index (Phi) is 5.58. The molecule has 5 rings (SSSR count). The molecule has 0 saturated carbocycles. The summed E-state index contributed by atoms with van der Waals surface area (Å²) in [7, 11) is 0. The Morgan fingerprint density at radius 2 is 1.52 bits per heavy atom. The number of benzene rings is 2. The van der Waals surface area contributed by atoms with Gasteiger partial charge in [0.15, 0.2) is 0 Å². The van der Waals surface area contributed by atoms with Gasteiger partial charge in [-0.15, -0.1) is 0 Å². The minimum Gasteiger partial charge on any atom is -0.508 e. The summed E-state index contributed by atoms with van der Waals surface area (Å²) in [6, 6.07) is 11.4. The van der Waals surface area contributed by atoms with Crippen LogP contribution in [0.2, 0.25) is 0 Å². The van der Waals surface area contributed by atoms with E-state index in [1.54, 1.807) is 44.7 Å². The molecule has 1 aromatic heterocycles. The smallest absolute Gasteiger partial charge is 0.261 e. The molecule has 3 heterocycles. The van der Waals surface area contributed by atoms with Crippen LogP contribution in [0.1, 0.15) is 45.8 Å². The quantitative estimate of drug-likeness (QED) is 0.652. The van der Waals surface area contributed by atoms with Crippen LogP contribution in [-0.4, -0.2) is 62.5 Å². The first-order valence-corrected chi connectivity index (χ1v) is 11.4. The second kappa shape index (κ2) is 8.69. The lowest BCUT2D eigenvalue weighted by atomic mass is 10.1. The summed E-state index contributed by atoms with van der Waals surface area (Å²) in [5.41, 5.74) is 1.47. The van der Waals surface area contributed by atoms with Crippen molar-refractivity contribution >= 4 is 22.7 Å². The van der Waals surface area contributed by atoms with Crippen LogP contribution in [-0.2, 0) is 13.0 Å². The van der Waals surface area contributed by atoms with Gasteiger partial charge in [-0.05, 0) is 49.2 Å². The van der Waals surface area contributed by atoms with E-state index in [9.17, 15) is 19.5 Å². The molecule has 2 aliphatic heterocycles. The number of phenolic OH excluding ortho intramolecular Hbond substituents is 1. The predicted molar refractivity (Wildman–Crippen MR) is 123 cm³/mol. The standard InChI is InChI=1S/C25H26N4O4/c30-19-6-4-5-17(15-19)23(31)27-11-13-28(14-12-27)24(32)18-8-9-20-21(16-18)26-22-7-2-1-3-10-29(22)25(20)33/h4-6,8-9,15-16,30H,1-3,7,10-14H2. The highest BCUT2D eigenvalue weighted by Gasteiger charge is 2.26. The molecule has 33 heavy (non-hydrogen) atoms. The number of aromatic hydroxyl groups is 1. The molecule has 2 aromatic carbocycles. The van der Waals surface area contributed by atoms with Crippen molar-refractivity contribution in [2.24, 2.45) is 0 Å². The van der Waals surface area contributed by atoms with E-state index in [0.29, 0.717) is 54.8 Å². The number of aryl methyl sites for hydroxylation is 1. The van der Waals surface area contributed by atoms with Gasteiger partial charge in [-0.2, -0.15) is 0 Å². The summed E-state index contributed by atoms with van der Waals surface area (Å²) in [5, 5.41) is 10.2. The van der Waals surface area contributed by atoms with Crippen molar-refractivity contribution in [2.45, 2.75) is 32.2 Å². The fourth-order valence-electron chi connectivity index (χ4n) is 4.67. The van der Waals surface area contributed by atoms with Gasteiger partial charge < -0.3 is 14.9 Å². The zero-order valence-corrected chi connectivity index (χ0v) is 18.4. The largest absolute Gasteiger partial charge is 0.508 e. The van der Waals surface area contributed by atoms with Crippen LogP contribution in [0.5, 0.6) is 5.75 Å². The fraction of sp³-hybridized carbons (Fsp3) is 0.360. The lowest BCUT2D eigenvalue weighted by Crippen LogP contribution is -2.50. The SMILES string of the molecule is O=C(c1cccc(O)c1)N1CCN(C(=O)c2ccc3c(=O)n4c(nc3c2)CCCCC4)CC1. The van der Waals surface area contributed by atoms with Gasteiger partial charge in [-0.25, -0.2) is 4.98 Å². The highest BCUT2D eigenvalue weighted by Crippen LogP contribution is 2.19. The van der Waals surface area contributed by atoms with E-state index in [2.05, 4.69) is 0 Å². The number of fused-ring (bicyclic) bond motifs is 2. The molecule has 170 valence electrons. The molecule has 1 fully saturated rings. The maximum Gasteiger partial charge on any atom is 0.261 e. The second-order valence-corrected chi connectivity index (χ2v) is 8.66. The van der Waals surface area contributed by atoms with Crippen LogP contribution >= 0.6 is 0 Å². The van der Waals surface area contributed by atoms with Crippen molar-refractivity contribution in [1.82, 2.24) is 19.4 Å². The number of rotatable bonds is 2. The highest BCUT2D eigenvalue weighted by molar-refractivity contribution is 5.98. The van der Waals surface area contributed by atoms with Crippen molar-refractivity contribution in [3.63, 3.8) is 0 Å². The lowest BCUT2D eigenvalue weighted by molar-refractivity contribution is 0.0535. The monoisotopic (exact) mass is 446 g/mol. The molecule has 0 atom stereocenters. The normalized spacial score (nSPS) is 16.4. The molecule has 1 saturated heterocycles. The van der Waals surface area contributed by atoms with E-state index in [4.69, 9.17) is 4.98 Å². The van der Waals surface area contributed by atoms with Crippen molar-refractivity contribution in [2.75, 3.05) is 26.2 Å². The molecule has 1 N–H and O–H groups in total. The number of carbonyl (C=O) groups is 2. The van der Waals surface area contributed by atoms with E-state index in [-0.39, 0.29) is 23.1 Å². The fourth-order valence-corrected chi connectivity index (χ4v) is 4.67. The van der Waals surface area contributed by atoms with Gasteiger partial charge in [-0.1, -0.05) is 12.5 Å². The molecule has 0 aliphatic carbocycles. The molecule has 2 amide bonds. The maximum absolute atomic E-state index is 13.1. The minimum atomic E-state index is -0.158. The number of hydrogen-bond donors (Lipinski definition) is 1. The number of piperazine rings is 1. The van der Waals surface area contributed by atoms with Gasteiger partial charge in [0.25, 0.3) is 17.4 Å². The number of phenols is 1. The molecule has 8 nitrogen and oxygen atoms in total. The topological polar surface area (TPSA) is 95.7 Å². The van der Waals surface area contributed by atoms with Gasteiger partial charge in [0.2, 0.25) is 0 Å². The Balaban J connectivity index is 1.32. The summed E-state index contributed by atoms with van der Waals surface area (Å²) in [5.74, 6) is 0.567. The maximum atomic E-state index is 13.1. The lowest BCUT2D eigenvalue weighted by Gasteiger charge is -2.35. The van der Waals surface area contributed by atoms with Crippen LogP contribution in [0, 0.1) is 0 Å². The first-order valence-electron chi connectivity index (χ1n) is 11.4. The van der Waals surface area contributed by atoms with E-state index in [1.807, 2.05) is 0 Å². The van der Waals surface area contributed by atoms with Crippen LogP contribution in [0.3, 0.4) is 0 Å². The van der Waals surface area contributed by atoms with Crippen molar-refractivity contribution in [3.8, 4) is 5.75 Å². The Morgan fingerprint density at radius 3 is 2.21 bits per heavy atom. The molecule has 0 bridgehead atoms. The van der Waals surface area contributed by atoms with Crippen LogP contribution in [0.25, 0.3) is 10.9 Å². The summed E-state index contributed by atoms with van der Waals surface area (Å²) in [6.07, 6.45) is 3.86. The van der Waals surface area contributed by atoms with E-state index in [1.165, 1.54) is 12.1 Å². The van der Waals surface area contributed by atoms with Gasteiger partial charge in [-0.3, -0.25) is 19.0 Å². The van der Waals surface area contributed by atoms with Gasteiger partial charge >= 0.3 is 0 Å². The average Bonchev–Trinajstić information content (AvgIpc) is 3.09. The van der Waals surface area contributed by atoms with Gasteiger partial charge in [0, 0.05) is 50.3 Å². The number of hydrogen-bond acceptors (Lipinski definition) is 5. The highest BCUT2D eigenvalue weighted by atomic mass is 16.3. The molecule has 0 radical (unpaired) electrons. The molecule has 0 spiro atoms. The van der Waals surface area contributed by atoms with E-state index >= 15 is 0 Å². The summed E-state index contributed by atoms with van der Waals surface area (Å²) in [4.78, 5) is 46.9. The summed E-state index contributed by atoms with van der Waals surface area (Å²) < 4.78 is 1.78. The molecule has 8 heteroatoms. The first-order chi connectivity index (χ1) is 16.0. The number of amides is 2. The van der Waals surface area contributed by atoms with Gasteiger partial charge in [0.1, 0.15) is 11.6 Å². The molecule has 0 unspecified atom stereocenters. The Labute approximate surface area is 191 Å². The van der Waals surface area contributed by atoms with E-state index < -0.39 is 0 Å². The molecular formula is C25H26N4O4. The van der Waals surface area contributed by atoms with Crippen LogP contribution in [0.15, 0.2) is 47.3 Å². The minimum absolute atomic E-state index is 0.0324. The number of carbonyl (C=O) groups excluding carboxylic acids is 2. The zero-order valence-electron chi connectivity index (χ0n) is 18.4. The first kappa shape index (κ1) is 21.2. The van der Waals surface area contributed by atoms with Crippen molar-refractivity contribution in [1.29, 1.82) is 0 Å². The van der Waals surface area contributed by atoms with Crippen molar-refractivity contribution in [3.05, 3.63) is 69.8 Å². The molecule has 2 aliphatic rings. The molecule has 3 aromatic rings. The van der Waals surface area contributed by atoms with Crippen LogP contribution < -0.4 is 5.56 Å². The Bertz CT molecular complexity index is 1290. The Hall–Kier alpha value is -3.68. The van der Waals surface area contributed by atoms with Crippen LogP contribution in [0.4, 0.5) is 0 Å². The Morgan fingerprint density at radius 1 is 0.818 bits per heavy atom. The van der Waals surface area contributed by atoms with Crippen molar-refractivity contribution < 1.29 is 14.7 Å². The number of nitrogens with zero attached hydrogens (tertiary/aromatic N) is 4. The number of aromatic nitrogens is 2. The third-order valence-electron chi connectivity index (χ3n) is 6.51. The zero-order chi connectivity index (χ0) is 22.9. The summed E-state index contributed by atoms with van der Waals surface area (Å²) >= 11 is 0. The second-order valence-electron chi connectivity index (χ2n) is 8.66. The van der Waals surface area contributed by atoms with E-state index in [0.717, 1.165) is 31.5 Å². The third kappa shape index (κ3) is 4.08. The van der Waals surface area contributed by atoms with Gasteiger partial charge in [0.05, 0.1) is 10.9 Å².